The highest BCUT2D eigenvalue weighted by atomic mass is 16.6. The first-order valence-electron chi connectivity index (χ1n) is 6.73. The van der Waals surface area contributed by atoms with Gasteiger partial charge in [-0.15, -0.1) is 0 Å². The van der Waals surface area contributed by atoms with Gasteiger partial charge in [0.1, 0.15) is 11.3 Å². The lowest BCUT2D eigenvalue weighted by atomic mass is 9.97. The van der Waals surface area contributed by atoms with Crippen molar-refractivity contribution in [2.45, 2.75) is 32.5 Å². The zero-order valence-electron chi connectivity index (χ0n) is 12.3. The molecule has 21 heavy (non-hydrogen) atoms. The predicted octanol–water partition coefficient (Wildman–Crippen LogP) is 2.53. The molecule has 5 heteroatoms. The van der Waals surface area contributed by atoms with Crippen molar-refractivity contribution in [3.05, 3.63) is 47.2 Å². The Hall–Kier alpha value is -2.14. The van der Waals surface area contributed by atoms with Crippen molar-refractivity contribution in [2.24, 2.45) is 0 Å². The maximum absolute atomic E-state index is 11.9. The van der Waals surface area contributed by atoms with Gasteiger partial charge in [0.2, 0.25) is 0 Å². The number of carbonyl (C=O) groups excluding carboxylic acids is 2. The zero-order chi connectivity index (χ0) is 15.4. The smallest absolute Gasteiger partial charge is 0.339 e. The van der Waals surface area contributed by atoms with Gasteiger partial charge in [-0.1, -0.05) is 30.3 Å². The number of benzene rings is 1. The first-order chi connectivity index (χ1) is 10.0. The van der Waals surface area contributed by atoms with Gasteiger partial charge in [0.25, 0.3) is 0 Å². The minimum atomic E-state index is -0.537. The first kappa shape index (κ1) is 15.3. The van der Waals surface area contributed by atoms with E-state index in [9.17, 15) is 9.59 Å². The molecule has 1 aliphatic rings. The molecule has 0 bridgehead atoms. The zero-order valence-corrected chi connectivity index (χ0v) is 12.3. The van der Waals surface area contributed by atoms with Crippen LogP contribution in [0.5, 0.6) is 0 Å². The summed E-state index contributed by atoms with van der Waals surface area (Å²) >= 11 is 0. The highest BCUT2D eigenvalue weighted by molar-refractivity contribution is 5.90. The summed E-state index contributed by atoms with van der Waals surface area (Å²) < 4.78 is 15.8. The molecule has 2 rings (SSSR count). The van der Waals surface area contributed by atoms with Crippen LogP contribution in [0.4, 0.5) is 0 Å². The van der Waals surface area contributed by atoms with E-state index in [1.807, 2.05) is 30.3 Å². The third-order valence-electron chi connectivity index (χ3n) is 3.29. The van der Waals surface area contributed by atoms with Gasteiger partial charge >= 0.3 is 11.9 Å². The van der Waals surface area contributed by atoms with Crippen molar-refractivity contribution in [1.29, 1.82) is 0 Å². The maximum atomic E-state index is 11.9. The number of ether oxygens (including phenoxy) is 3. The van der Waals surface area contributed by atoms with Gasteiger partial charge in [0.15, 0.2) is 0 Å². The Kier molecular flexibility index (Phi) is 4.75. The SMILES string of the molecule is COC(=O)C1=C(OC(C)=O)C[C@@H](c2ccccc2)O[C@@H]1C. The Morgan fingerprint density at radius 2 is 1.90 bits per heavy atom. The number of methoxy groups -OCH3 is 1. The summed E-state index contributed by atoms with van der Waals surface area (Å²) in [4.78, 5) is 23.1. The van der Waals surface area contributed by atoms with Crippen LogP contribution in [0.15, 0.2) is 41.7 Å². The lowest BCUT2D eigenvalue weighted by molar-refractivity contribution is -0.142. The van der Waals surface area contributed by atoms with Gasteiger partial charge in [-0.3, -0.25) is 4.79 Å². The average molecular weight is 290 g/mol. The molecule has 1 aromatic carbocycles. The van der Waals surface area contributed by atoms with E-state index in [1.54, 1.807) is 6.92 Å². The Balaban J connectivity index is 2.34. The summed E-state index contributed by atoms with van der Waals surface area (Å²) in [6, 6.07) is 9.61. The molecule has 1 heterocycles. The fourth-order valence-electron chi connectivity index (χ4n) is 2.39. The molecule has 0 unspecified atom stereocenters. The molecule has 5 nitrogen and oxygen atoms in total. The molecule has 0 aromatic heterocycles. The van der Waals surface area contributed by atoms with Gasteiger partial charge in [-0.25, -0.2) is 4.79 Å². The van der Waals surface area contributed by atoms with Crippen LogP contribution >= 0.6 is 0 Å². The maximum Gasteiger partial charge on any atom is 0.339 e. The van der Waals surface area contributed by atoms with Crippen LogP contribution in [-0.4, -0.2) is 25.2 Å². The molecule has 0 spiro atoms. The standard InChI is InChI=1S/C16H18O5/c1-10-15(16(18)19-3)14(21-11(2)17)9-13(20-10)12-7-5-4-6-8-12/h4-8,10,13H,9H2,1-3H3/t10-,13+/m1/s1. The Bertz CT molecular complexity index is 561. The second kappa shape index (κ2) is 6.54. The molecule has 112 valence electrons. The third kappa shape index (κ3) is 3.49. The largest absolute Gasteiger partial charge is 0.465 e. The van der Waals surface area contributed by atoms with E-state index in [2.05, 4.69) is 0 Å². The molecule has 0 radical (unpaired) electrons. The quantitative estimate of drug-likeness (QED) is 0.800. The van der Waals surface area contributed by atoms with E-state index in [4.69, 9.17) is 14.2 Å². The number of esters is 2. The van der Waals surface area contributed by atoms with Gasteiger partial charge in [0, 0.05) is 13.3 Å². The van der Waals surface area contributed by atoms with Crippen molar-refractivity contribution in [2.75, 3.05) is 7.11 Å². The Labute approximate surface area is 123 Å². The summed E-state index contributed by atoms with van der Waals surface area (Å²) in [5.74, 6) is -0.681. The lowest BCUT2D eigenvalue weighted by Gasteiger charge is -2.30. The lowest BCUT2D eigenvalue weighted by Crippen LogP contribution is -2.30. The first-order valence-corrected chi connectivity index (χ1v) is 6.73. The van der Waals surface area contributed by atoms with Crippen LogP contribution in [-0.2, 0) is 23.8 Å². The second-order valence-electron chi connectivity index (χ2n) is 4.80. The Morgan fingerprint density at radius 1 is 1.24 bits per heavy atom. The van der Waals surface area contributed by atoms with Gasteiger partial charge in [0.05, 0.1) is 19.3 Å². The van der Waals surface area contributed by atoms with Crippen molar-refractivity contribution in [3.63, 3.8) is 0 Å². The fraction of sp³-hybridized carbons (Fsp3) is 0.375. The van der Waals surface area contributed by atoms with E-state index in [0.29, 0.717) is 12.2 Å². The van der Waals surface area contributed by atoms with E-state index in [0.717, 1.165) is 5.56 Å². The van der Waals surface area contributed by atoms with E-state index >= 15 is 0 Å². The number of carbonyl (C=O) groups is 2. The minimum absolute atomic E-state index is 0.260. The predicted molar refractivity (Wildman–Crippen MR) is 75.2 cm³/mol. The van der Waals surface area contributed by atoms with Crippen LogP contribution in [0.2, 0.25) is 0 Å². The molecule has 1 aromatic rings. The summed E-state index contributed by atoms with van der Waals surface area (Å²) in [6.45, 7) is 3.05. The topological polar surface area (TPSA) is 61.8 Å². The summed E-state index contributed by atoms with van der Waals surface area (Å²) in [6.07, 6.45) is -0.451. The Morgan fingerprint density at radius 3 is 2.48 bits per heavy atom. The minimum Gasteiger partial charge on any atom is -0.465 e. The number of hydrogen-bond donors (Lipinski definition) is 0. The normalized spacial score (nSPS) is 21.9. The van der Waals surface area contributed by atoms with Crippen LogP contribution in [0, 0.1) is 0 Å². The van der Waals surface area contributed by atoms with Crippen molar-refractivity contribution in [1.82, 2.24) is 0 Å². The highest BCUT2D eigenvalue weighted by Gasteiger charge is 2.34. The molecule has 0 amide bonds. The van der Waals surface area contributed by atoms with Crippen LogP contribution < -0.4 is 0 Å². The third-order valence-corrected chi connectivity index (χ3v) is 3.29. The van der Waals surface area contributed by atoms with E-state index in [-0.39, 0.29) is 11.7 Å². The molecule has 0 aliphatic carbocycles. The molecule has 0 fully saturated rings. The van der Waals surface area contributed by atoms with Crippen LogP contribution in [0.3, 0.4) is 0 Å². The van der Waals surface area contributed by atoms with Crippen molar-refractivity contribution >= 4 is 11.9 Å². The van der Waals surface area contributed by atoms with E-state index < -0.39 is 18.0 Å². The average Bonchev–Trinajstić information content (AvgIpc) is 2.46. The van der Waals surface area contributed by atoms with Gasteiger partial charge < -0.3 is 14.2 Å². The molecular weight excluding hydrogens is 272 g/mol. The summed E-state index contributed by atoms with van der Waals surface area (Å²) in [7, 11) is 1.29. The second-order valence-corrected chi connectivity index (χ2v) is 4.80. The van der Waals surface area contributed by atoms with Crippen LogP contribution in [0.1, 0.15) is 31.9 Å². The van der Waals surface area contributed by atoms with Gasteiger partial charge in [-0.05, 0) is 12.5 Å². The fourth-order valence-corrected chi connectivity index (χ4v) is 2.39. The van der Waals surface area contributed by atoms with E-state index in [1.165, 1.54) is 14.0 Å². The molecular formula is C16H18O5. The van der Waals surface area contributed by atoms with Crippen molar-refractivity contribution < 1.29 is 23.8 Å². The molecule has 0 N–H and O–H groups in total. The number of hydrogen-bond acceptors (Lipinski definition) is 5. The van der Waals surface area contributed by atoms with Gasteiger partial charge in [-0.2, -0.15) is 0 Å². The van der Waals surface area contributed by atoms with Crippen LogP contribution in [0.25, 0.3) is 0 Å². The number of rotatable bonds is 3. The molecule has 0 saturated heterocycles. The molecule has 0 saturated carbocycles. The highest BCUT2D eigenvalue weighted by Crippen LogP contribution is 2.36. The summed E-state index contributed by atoms with van der Waals surface area (Å²) in [5.41, 5.74) is 1.23. The summed E-state index contributed by atoms with van der Waals surface area (Å²) in [5, 5.41) is 0. The monoisotopic (exact) mass is 290 g/mol. The molecule has 1 aliphatic heterocycles. The molecule has 2 atom stereocenters. The van der Waals surface area contributed by atoms with Crippen molar-refractivity contribution in [3.8, 4) is 0 Å².